The predicted octanol–water partition coefficient (Wildman–Crippen LogP) is 2.64. The number of phenolic OH excluding ortho intramolecular Hbond substituents is 1. The fourth-order valence-electron chi connectivity index (χ4n) is 1.88. The Kier molecular flexibility index (Phi) is 2.65. The van der Waals surface area contributed by atoms with Crippen LogP contribution in [0, 0.1) is 18.7 Å². The third-order valence-electron chi connectivity index (χ3n) is 2.92. The van der Waals surface area contributed by atoms with E-state index in [2.05, 4.69) is 0 Å². The van der Waals surface area contributed by atoms with E-state index in [-0.39, 0.29) is 11.8 Å². The van der Waals surface area contributed by atoms with E-state index in [0.29, 0.717) is 11.5 Å². The average Bonchev–Trinajstić information content (AvgIpc) is 2.94. The molecule has 1 aliphatic rings. The maximum atomic E-state index is 13.2. The maximum Gasteiger partial charge on any atom is 0.165 e. The van der Waals surface area contributed by atoms with Crippen LogP contribution in [0.4, 0.5) is 4.39 Å². The third-order valence-corrected chi connectivity index (χ3v) is 2.92. The molecule has 82 valence electrons. The fraction of sp³-hybridized carbons (Fsp3) is 0.500. The molecule has 1 aromatic carbocycles. The molecule has 0 saturated heterocycles. The number of hydrogen-bond acceptors (Lipinski definition) is 2. The van der Waals surface area contributed by atoms with Gasteiger partial charge in [-0.1, -0.05) is 18.9 Å². The topological polar surface area (TPSA) is 46.2 Å². The Hall–Kier alpha value is -1.09. The predicted molar refractivity (Wildman–Crippen MR) is 57.1 cm³/mol. The van der Waals surface area contributed by atoms with Crippen LogP contribution in [-0.4, -0.2) is 5.11 Å². The number of aromatic hydroxyl groups is 1. The lowest BCUT2D eigenvalue weighted by Crippen LogP contribution is -2.12. The largest absolute Gasteiger partial charge is 0.505 e. The molecule has 1 aliphatic carbocycles. The summed E-state index contributed by atoms with van der Waals surface area (Å²) >= 11 is 0. The first kappa shape index (κ1) is 10.4. The molecule has 0 radical (unpaired) electrons. The zero-order chi connectivity index (χ0) is 11.0. The zero-order valence-electron chi connectivity index (χ0n) is 8.83. The van der Waals surface area contributed by atoms with Gasteiger partial charge in [0.1, 0.15) is 0 Å². The van der Waals surface area contributed by atoms with Crippen molar-refractivity contribution >= 4 is 0 Å². The van der Waals surface area contributed by atoms with Crippen molar-refractivity contribution in [1.29, 1.82) is 0 Å². The molecular weight excluding hydrogens is 193 g/mol. The number of hydrogen-bond donors (Lipinski definition) is 2. The molecule has 0 spiro atoms. The first-order valence-electron chi connectivity index (χ1n) is 5.32. The van der Waals surface area contributed by atoms with Gasteiger partial charge in [0, 0.05) is 11.6 Å². The maximum absolute atomic E-state index is 13.2. The standard InChI is InChI=1S/C12H16FNO/c1-7-4-9(12(15)10(13)5-7)11(14)6-8-2-3-8/h4-5,8,11,15H,2-3,6,14H2,1H3/t11-/m0/s1. The van der Waals surface area contributed by atoms with E-state index in [1.165, 1.54) is 18.9 Å². The SMILES string of the molecule is Cc1cc(F)c(O)c([C@@H](N)CC2CC2)c1. The monoisotopic (exact) mass is 209 g/mol. The van der Waals surface area contributed by atoms with Crippen molar-refractivity contribution in [2.75, 3.05) is 0 Å². The Morgan fingerprint density at radius 2 is 2.20 bits per heavy atom. The van der Waals surface area contributed by atoms with E-state index in [0.717, 1.165) is 12.0 Å². The van der Waals surface area contributed by atoms with Crippen LogP contribution in [0.5, 0.6) is 5.75 Å². The van der Waals surface area contributed by atoms with Gasteiger partial charge in [-0.3, -0.25) is 0 Å². The van der Waals surface area contributed by atoms with Crippen LogP contribution in [0.3, 0.4) is 0 Å². The molecule has 2 nitrogen and oxygen atoms in total. The lowest BCUT2D eigenvalue weighted by molar-refractivity contribution is 0.416. The highest BCUT2D eigenvalue weighted by atomic mass is 19.1. The van der Waals surface area contributed by atoms with Crippen molar-refractivity contribution in [3.8, 4) is 5.75 Å². The lowest BCUT2D eigenvalue weighted by atomic mass is 9.99. The van der Waals surface area contributed by atoms with Gasteiger partial charge in [-0.25, -0.2) is 4.39 Å². The highest BCUT2D eigenvalue weighted by Gasteiger charge is 2.26. The first-order valence-corrected chi connectivity index (χ1v) is 5.32. The van der Waals surface area contributed by atoms with Gasteiger partial charge in [-0.15, -0.1) is 0 Å². The Labute approximate surface area is 88.9 Å². The number of halogens is 1. The van der Waals surface area contributed by atoms with Crippen molar-refractivity contribution in [1.82, 2.24) is 0 Å². The van der Waals surface area contributed by atoms with Gasteiger partial charge in [0.25, 0.3) is 0 Å². The molecule has 1 aromatic rings. The van der Waals surface area contributed by atoms with Crippen molar-refractivity contribution < 1.29 is 9.50 Å². The van der Waals surface area contributed by atoms with Crippen LogP contribution < -0.4 is 5.73 Å². The smallest absolute Gasteiger partial charge is 0.165 e. The quantitative estimate of drug-likeness (QED) is 0.803. The van der Waals surface area contributed by atoms with E-state index in [1.54, 1.807) is 13.0 Å². The molecule has 1 saturated carbocycles. The molecule has 0 heterocycles. The minimum absolute atomic E-state index is 0.244. The lowest BCUT2D eigenvalue weighted by Gasteiger charge is -2.14. The molecule has 15 heavy (non-hydrogen) atoms. The normalized spacial score (nSPS) is 17.8. The van der Waals surface area contributed by atoms with E-state index >= 15 is 0 Å². The summed E-state index contributed by atoms with van der Waals surface area (Å²) in [5.41, 5.74) is 7.29. The van der Waals surface area contributed by atoms with E-state index in [4.69, 9.17) is 5.73 Å². The molecule has 3 N–H and O–H groups in total. The first-order chi connectivity index (χ1) is 7.08. The van der Waals surface area contributed by atoms with Crippen LogP contribution in [0.1, 0.15) is 36.4 Å². The number of rotatable bonds is 3. The van der Waals surface area contributed by atoms with E-state index < -0.39 is 5.82 Å². The second-order valence-corrected chi connectivity index (χ2v) is 4.47. The summed E-state index contributed by atoms with van der Waals surface area (Å²) in [7, 11) is 0. The van der Waals surface area contributed by atoms with Crippen molar-refractivity contribution in [2.45, 2.75) is 32.2 Å². The van der Waals surface area contributed by atoms with Gasteiger partial charge in [0.2, 0.25) is 0 Å². The Balaban J connectivity index is 2.24. The molecule has 0 aromatic heterocycles. The van der Waals surface area contributed by atoms with E-state index in [1.807, 2.05) is 0 Å². The number of aryl methyl sites for hydroxylation is 1. The highest BCUT2D eigenvalue weighted by Crippen LogP contribution is 2.39. The van der Waals surface area contributed by atoms with Crippen LogP contribution in [0.25, 0.3) is 0 Å². The number of nitrogens with two attached hydrogens (primary N) is 1. The molecule has 0 bridgehead atoms. The minimum atomic E-state index is -0.573. The Bertz CT molecular complexity index is 374. The molecule has 0 amide bonds. The molecule has 0 aliphatic heterocycles. The summed E-state index contributed by atoms with van der Waals surface area (Å²) < 4.78 is 13.2. The molecule has 2 rings (SSSR count). The zero-order valence-corrected chi connectivity index (χ0v) is 8.83. The summed E-state index contributed by atoms with van der Waals surface area (Å²) in [6, 6.07) is 2.85. The summed E-state index contributed by atoms with van der Waals surface area (Å²) in [6.45, 7) is 1.80. The second kappa shape index (κ2) is 3.81. The van der Waals surface area contributed by atoms with Gasteiger partial charge in [-0.05, 0) is 30.9 Å². The van der Waals surface area contributed by atoms with Crippen LogP contribution >= 0.6 is 0 Å². The van der Waals surface area contributed by atoms with Gasteiger partial charge < -0.3 is 10.8 Å². The summed E-state index contributed by atoms with van der Waals surface area (Å²) in [4.78, 5) is 0. The second-order valence-electron chi connectivity index (χ2n) is 4.47. The molecule has 1 atom stereocenters. The van der Waals surface area contributed by atoms with Crippen molar-refractivity contribution in [3.05, 3.63) is 29.1 Å². The Morgan fingerprint density at radius 1 is 1.53 bits per heavy atom. The fourth-order valence-corrected chi connectivity index (χ4v) is 1.88. The van der Waals surface area contributed by atoms with Crippen molar-refractivity contribution in [2.24, 2.45) is 11.7 Å². The van der Waals surface area contributed by atoms with Crippen LogP contribution in [-0.2, 0) is 0 Å². The number of benzene rings is 1. The Morgan fingerprint density at radius 3 is 2.80 bits per heavy atom. The number of phenols is 1. The van der Waals surface area contributed by atoms with Gasteiger partial charge in [0.05, 0.1) is 0 Å². The van der Waals surface area contributed by atoms with Crippen LogP contribution in [0.2, 0.25) is 0 Å². The summed E-state index contributed by atoms with van der Waals surface area (Å²) in [5, 5.41) is 9.57. The molecule has 3 heteroatoms. The average molecular weight is 209 g/mol. The van der Waals surface area contributed by atoms with Crippen molar-refractivity contribution in [3.63, 3.8) is 0 Å². The highest BCUT2D eigenvalue weighted by molar-refractivity contribution is 5.39. The van der Waals surface area contributed by atoms with Gasteiger partial charge >= 0.3 is 0 Å². The molecular formula is C12H16FNO. The van der Waals surface area contributed by atoms with Gasteiger partial charge in [0.15, 0.2) is 11.6 Å². The summed E-state index contributed by atoms with van der Waals surface area (Å²) in [5.74, 6) is -0.187. The van der Waals surface area contributed by atoms with E-state index in [9.17, 15) is 9.50 Å². The minimum Gasteiger partial charge on any atom is -0.505 e. The third kappa shape index (κ3) is 2.29. The molecule has 1 fully saturated rings. The summed E-state index contributed by atoms with van der Waals surface area (Å²) in [6.07, 6.45) is 3.27. The molecule has 0 unspecified atom stereocenters. The van der Waals surface area contributed by atoms with Gasteiger partial charge in [-0.2, -0.15) is 0 Å². The van der Waals surface area contributed by atoms with Crippen LogP contribution in [0.15, 0.2) is 12.1 Å².